The molecule has 0 aliphatic heterocycles. The minimum Gasteiger partial charge on any atom is -0.351 e. The van der Waals surface area contributed by atoms with Gasteiger partial charge in [0.25, 0.3) is 5.69 Å². The summed E-state index contributed by atoms with van der Waals surface area (Å²) in [6.45, 7) is 1.94. The number of nitro groups is 1. The molecule has 0 aliphatic carbocycles. The number of nitrogens with one attached hydrogen (secondary N) is 1. The van der Waals surface area contributed by atoms with Gasteiger partial charge in [0.05, 0.1) is 11.0 Å². The predicted octanol–water partition coefficient (Wildman–Crippen LogP) is 2.15. The van der Waals surface area contributed by atoms with Gasteiger partial charge in [0, 0.05) is 18.2 Å². The van der Waals surface area contributed by atoms with Gasteiger partial charge in [-0.05, 0) is 6.42 Å². The van der Waals surface area contributed by atoms with Crippen molar-refractivity contribution in [3.05, 3.63) is 39.9 Å². The number of carbonyl (C=O) groups is 1. The fourth-order valence-corrected chi connectivity index (χ4v) is 1.69. The summed E-state index contributed by atoms with van der Waals surface area (Å²) >= 11 is 0. The van der Waals surface area contributed by atoms with Crippen LogP contribution in [0.4, 0.5) is 5.69 Å². The van der Waals surface area contributed by atoms with Crippen molar-refractivity contribution in [3.8, 4) is 6.07 Å². The summed E-state index contributed by atoms with van der Waals surface area (Å²) < 4.78 is 0. The minimum atomic E-state index is -0.701. The lowest BCUT2D eigenvalue weighted by molar-refractivity contribution is -0.385. The van der Waals surface area contributed by atoms with E-state index in [0.717, 1.165) is 6.42 Å². The van der Waals surface area contributed by atoms with E-state index in [0.29, 0.717) is 12.0 Å². The third-order valence-electron chi connectivity index (χ3n) is 2.69. The average molecular weight is 261 g/mol. The van der Waals surface area contributed by atoms with Crippen LogP contribution >= 0.6 is 0 Å². The molecule has 0 aromatic heterocycles. The van der Waals surface area contributed by atoms with E-state index in [1.165, 1.54) is 6.07 Å². The van der Waals surface area contributed by atoms with Crippen LogP contribution in [0.25, 0.3) is 0 Å². The summed E-state index contributed by atoms with van der Waals surface area (Å²) in [6, 6.07) is 8.13. The SMILES string of the molecule is CCCC(C#N)C(=O)NCc1ccccc1[N+](=O)[O-]. The van der Waals surface area contributed by atoms with Crippen molar-refractivity contribution in [1.29, 1.82) is 5.26 Å². The van der Waals surface area contributed by atoms with Crippen LogP contribution in [-0.2, 0) is 11.3 Å². The molecule has 6 heteroatoms. The van der Waals surface area contributed by atoms with Crippen LogP contribution < -0.4 is 5.32 Å². The molecule has 0 fully saturated rings. The lowest BCUT2D eigenvalue weighted by atomic mass is 10.0. The summed E-state index contributed by atoms with van der Waals surface area (Å²) in [7, 11) is 0. The van der Waals surface area contributed by atoms with E-state index in [4.69, 9.17) is 5.26 Å². The van der Waals surface area contributed by atoms with Crippen LogP contribution in [0.1, 0.15) is 25.3 Å². The molecular weight excluding hydrogens is 246 g/mol. The van der Waals surface area contributed by atoms with Crippen molar-refractivity contribution in [2.45, 2.75) is 26.3 Å². The van der Waals surface area contributed by atoms with E-state index in [9.17, 15) is 14.9 Å². The molecule has 0 saturated carbocycles. The first-order chi connectivity index (χ1) is 9.10. The summed E-state index contributed by atoms with van der Waals surface area (Å²) in [5.74, 6) is -1.09. The second kappa shape index (κ2) is 7.11. The van der Waals surface area contributed by atoms with Crippen LogP contribution in [0.5, 0.6) is 0 Å². The van der Waals surface area contributed by atoms with Gasteiger partial charge in [-0.1, -0.05) is 31.5 Å². The van der Waals surface area contributed by atoms with Gasteiger partial charge in [-0.15, -0.1) is 0 Å². The minimum absolute atomic E-state index is 0.0354. The normalized spacial score (nSPS) is 11.4. The van der Waals surface area contributed by atoms with E-state index >= 15 is 0 Å². The van der Waals surface area contributed by atoms with Crippen molar-refractivity contribution in [2.24, 2.45) is 5.92 Å². The Hall–Kier alpha value is -2.42. The molecule has 0 radical (unpaired) electrons. The van der Waals surface area contributed by atoms with Gasteiger partial charge in [0.1, 0.15) is 5.92 Å². The Morgan fingerprint density at radius 3 is 2.79 bits per heavy atom. The highest BCUT2D eigenvalue weighted by atomic mass is 16.6. The molecule has 0 saturated heterocycles. The predicted molar refractivity (Wildman–Crippen MR) is 69.0 cm³/mol. The second-order valence-corrected chi connectivity index (χ2v) is 4.07. The smallest absolute Gasteiger partial charge is 0.274 e. The maximum absolute atomic E-state index is 11.7. The van der Waals surface area contributed by atoms with Gasteiger partial charge in [0.2, 0.25) is 5.91 Å². The van der Waals surface area contributed by atoms with E-state index in [1.807, 2.05) is 13.0 Å². The molecular formula is C13H15N3O3. The number of benzene rings is 1. The van der Waals surface area contributed by atoms with Crippen LogP contribution in [0.15, 0.2) is 24.3 Å². The second-order valence-electron chi connectivity index (χ2n) is 4.07. The molecule has 1 aromatic carbocycles. The number of para-hydroxylation sites is 1. The molecule has 1 N–H and O–H groups in total. The number of hydrogen-bond donors (Lipinski definition) is 1. The summed E-state index contributed by atoms with van der Waals surface area (Å²) in [4.78, 5) is 22.0. The molecule has 0 bridgehead atoms. The van der Waals surface area contributed by atoms with Crippen molar-refractivity contribution in [1.82, 2.24) is 5.32 Å². The summed E-state index contributed by atoms with van der Waals surface area (Å²) in [5.41, 5.74) is 0.390. The van der Waals surface area contributed by atoms with Gasteiger partial charge >= 0.3 is 0 Å². The van der Waals surface area contributed by atoms with Gasteiger partial charge in [-0.25, -0.2) is 0 Å². The Morgan fingerprint density at radius 2 is 2.21 bits per heavy atom. The molecule has 1 atom stereocenters. The van der Waals surface area contributed by atoms with Gasteiger partial charge in [0.15, 0.2) is 0 Å². The zero-order chi connectivity index (χ0) is 14.3. The number of hydrogen-bond acceptors (Lipinski definition) is 4. The molecule has 0 spiro atoms. The monoisotopic (exact) mass is 261 g/mol. The maximum Gasteiger partial charge on any atom is 0.274 e. The first kappa shape index (κ1) is 14.6. The zero-order valence-electron chi connectivity index (χ0n) is 10.6. The zero-order valence-corrected chi connectivity index (χ0v) is 10.6. The molecule has 0 heterocycles. The van der Waals surface area contributed by atoms with Crippen molar-refractivity contribution in [2.75, 3.05) is 0 Å². The van der Waals surface area contributed by atoms with Crippen molar-refractivity contribution in [3.63, 3.8) is 0 Å². The highest BCUT2D eigenvalue weighted by Crippen LogP contribution is 2.17. The molecule has 1 unspecified atom stereocenters. The van der Waals surface area contributed by atoms with Crippen LogP contribution in [0, 0.1) is 27.4 Å². The molecule has 100 valence electrons. The summed E-state index contributed by atoms with van der Waals surface area (Å²) in [6.07, 6.45) is 1.22. The number of nitro benzene ring substituents is 1. The number of carbonyl (C=O) groups excluding carboxylic acids is 1. The van der Waals surface area contributed by atoms with E-state index in [1.54, 1.807) is 18.2 Å². The molecule has 6 nitrogen and oxygen atoms in total. The number of nitriles is 1. The lowest BCUT2D eigenvalue weighted by Gasteiger charge is -2.09. The van der Waals surface area contributed by atoms with Crippen LogP contribution in [-0.4, -0.2) is 10.8 Å². The Labute approximate surface area is 111 Å². The van der Waals surface area contributed by atoms with Gasteiger partial charge < -0.3 is 5.32 Å². The molecule has 0 aliphatic rings. The third-order valence-corrected chi connectivity index (χ3v) is 2.69. The molecule has 1 aromatic rings. The van der Waals surface area contributed by atoms with Crippen LogP contribution in [0.2, 0.25) is 0 Å². The first-order valence-corrected chi connectivity index (χ1v) is 5.99. The quantitative estimate of drug-likeness (QED) is 0.626. The largest absolute Gasteiger partial charge is 0.351 e. The van der Waals surface area contributed by atoms with Crippen molar-refractivity contribution >= 4 is 11.6 Å². The highest BCUT2D eigenvalue weighted by Gasteiger charge is 2.18. The fraction of sp³-hybridized carbons (Fsp3) is 0.385. The lowest BCUT2D eigenvalue weighted by Crippen LogP contribution is -2.29. The highest BCUT2D eigenvalue weighted by molar-refractivity contribution is 5.81. The topological polar surface area (TPSA) is 96.0 Å². The average Bonchev–Trinajstić information content (AvgIpc) is 2.42. The first-order valence-electron chi connectivity index (χ1n) is 5.99. The number of amides is 1. The Kier molecular flexibility index (Phi) is 5.48. The Bertz CT molecular complexity index is 508. The Morgan fingerprint density at radius 1 is 1.53 bits per heavy atom. The van der Waals surface area contributed by atoms with E-state index in [-0.39, 0.29) is 18.1 Å². The molecule has 19 heavy (non-hydrogen) atoms. The standard InChI is InChI=1S/C13H15N3O3/c1-2-5-10(8-14)13(17)15-9-11-6-3-4-7-12(11)16(18)19/h3-4,6-7,10H,2,5,9H2,1H3,(H,15,17). The molecule has 1 rings (SSSR count). The summed E-state index contributed by atoms with van der Waals surface area (Å²) in [5, 5.41) is 22.2. The third kappa shape index (κ3) is 4.07. The van der Waals surface area contributed by atoms with E-state index in [2.05, 4.69) is 5.32 Å². The van der Waals surface area contributed by atoms with Crippen LogP contribution in [0.3, 0.4) is 0 Å². The van der Waals surface area contributed by atoms with Gasteiger partial charge in [-0.2, -0.15) is 5.26 Å². The van der Waals surface area contributed by atoms with E-state index < -0.39 is 10.8 Å². The maximum atomic E-state index is 11.7. The molecule has 1 amide bonds. The number of rotatable bonds is 6. The Balaban J connectivity index is 2.70. The van der Waals surface area contributed by atoms with Crippen molar-refractivity contribution < 1.29 is 9.72 Å². The van der Waals surface area contributed by atoms with Gasteiger partial charge in [-0.3, -0.25) is 14.9 Å². The number of nitrogens with zero attached hydrogens (tertiary/aromatic N) is 2. The fourth-order valence-electron chi connectivity index (χ4n) is 1.69.